The number of pyridine rings is 1. The van der Waals surface area contributed by atoms with Crippen LogP contribution in [0.5, 0.6) is 5.75 Å². The third-order valence-corrected chi connectivity index (χ3v) is 8.21. The number of nitrogens with zero attached hydrogens (tertiary/aromatic N) is 5. The molecule has 2 bridgehead atoms. The Labute approximate surface area is 226 Å². The van der Waals surface area contributed by atoms with Gasteiger partial charge >= 0.3 is 12.6 Å². The van der Waals surface area contributed by atoms with Gasteiger partial charge in [-0.15, -0.1) is 0 Å². The quantitative estimate of drug-likeness (QED) is 0.337. The lowest BCUT2D eigenvalue weighted by Gasteiger charge is -2.34. The Kier molecular flexibility index (Phi) is 5.76. The fraction of sp³-hybridized carbons (Fsp3) is 0.310. The third-order valence-electron chi connectivity index (χ3n) is 8.21. The number of para-hydroxylation sites is 1. The van der Waals surface area contributed by atoms with Crippen LogP contribution in [0.2, 0.25) is 0 Å². The molecular formula is C29H24F3N5O3. The van der Waals surface area contributed by atoms with Crippen LogP contribution in [-0.2, 0) is 11.2 Å². The number of carboxylic acid groups (broad SMARTS) is 1. The molecule has 3 aromatic heterocycles. The third kappa shape index (κ3) is 3.99. The average molecular weight is 548 g/mol. The van der Waals surface area contributed by atoms with E-state index in [0.29, 0.717) is 48.7 Å². The Morgan fingerprint density at radius 1 is 1.18 bits per heavy atom. The maximum absolute atomic E-state index is 15.3. The minimum Gasteiger partial charge on any atom is -0.481 e. The summed E-state index contributed by atoms with van der Waals surface area (Å²) in [6.07, 6.45) is 8.81. The monoisotopic (exact) mass is 547 g/mol. The first kappa shape index (κ1) is 24.6. The average Bonchev–Trinajstić information content (AvgIpc) is 3.58. The fourth-order valence-electron chi connectivity index (χ4n) is 6.50. The van der Waals surface area contributed by atoms with Crippen LogP contribution >= 0.6 is 0 Å². The molecule has 0 radical (unpaired) electrons. The Balaban J connectivity index is 1.21. The molecule has 3 atom stereocenters. The maximum atomic E-state index is 15.3. The van der Waals surface area contributed by atoms with Gasteiger partial charge in [0.1, 0.15) is 17.2 Å². The van der Waals surface area contributed by atoms with Crippen LogP contribution in [0, 0.1) is 17.7 Å². The lowest BCUT2D eigenvalue weighted by molar-refractivity contribution is -0.141. The molecule has 4 heterocycles. The molecule has 1 aliphatic heterocycles. The number of aromatic nitrogens is 4. The minimum absolute atomic E-state index is 0.0168. The van der Waals surface area contributed by atoms with Gasteiger partial charge in [-0.2, -0.15) is 8.78 Å². The number of hydrogen-bond donors (Lipinski definition) is 1. The highest BCUT2D eigenvalue weighted by Crippen LogP contribution is 2.43. The molecule has 1 aromatic carbocycles. The first-order valence-corrected chi connectivity index (χ1v) is 13.1. The number of hydrogen-bond acceptors (Lipinski definition) is 6. The molecule has 1 N–H and O–H groups in total. The van der Waals surface area contributed by atoms with E-state index < -0.39 is 24.3 Å². The van der Waals surface area contributed by atoms with E-state index >= 15 is 4.39 Å². The number of benzene rings is 1. The number of imidazole rings is 1. The molecular weight excluding hydrogens is 523 g/mol. The molecule has 204 valence electrons. The summed E-state index contributed by atoms with van der Waals surface area (Å²) in [5.74, 6) is -1.40. The molecule has 0 saturated carbocycles. The molecule has 2 aliphatic carbocycles. The number of alkyl halides is 2. The van der Waals surface area contributed by atoms with Crippen molar-refractivity contribution in [1.82, 2.24) is 19.4 Å². The second kappa shape index (κ2) is 9.35. The molecule has 11 heteroatoms. The Hall–Kier alpha value is -4.41. The SMILES string of the molecule is O=C(O)[C@H]1C2=CC[C@@H]1CN(c1ncc(-c3cn4c5c(nc4cc3F)CC[C@@H]5c3ccccc3OC(F)F)cn1)C2. The number of aliphatic carboxylic acids is 1. The van der Waals surface area contributed by atoms with Crippen molar-refractivity contribution < 1.29 is 27.8 Å². The molecule has 40 heavy (non-hydrogen) atoms. The Morgan fingerprint density at radius 2 is 1.98 bits per heavy atom. The number of carbonyl (C=O) groups is 1. The standard InChI is InChI=1S/C29H24F3N5O3/c30-21-9-24-35-22-8-7-19(18-3-1-2-4-23(18)40-28(31)32)26(22)37(24)14-20(21)17-10-33-29(34-11-17)36-12-15-5-6-16(13-36)25(15)27(38)39/h1-5,9-11,14,16,19,25,28H,6-8,12-13H2,(H,38,39)/t16-,19-,25+/m1/s1. The van der Waals surface area contributed by atoms with E-state index in [9.17, 15) is 18.7 Å². The number of anilines is 1. The van der Waals surface area contributed by atoms with Gasteiger partial charge in [-0.1, -0.05) is 24.3 Å². The molecule has 1 saturated heterocycles. The highest BCUT2D eigenvalue weighted by molar-refractivity contribution is 5.76. The van der Waals surface area contributed by atoms with Crippen molar-refractivity contribution in [1.29, 1.82) is 0 Å². The van der Waals surface area contributed by atoms with Crippen molar-refractivity contribution in [2.75, 3.05) is 18.0 Å². The maximum Gasteiger partial charge on any atom is 0.387 e. The van der Waals surface area contributed by atoms with Crippen LogP contribution in [0.15, 0.2) is 60.6 Å². The van der Waals surface area contributed by atoms with Crippen molar-refractivity contribution in [3.05, 3.63) is 83.3 Å². The number of aryl methyl sites for hydroxylation is 1. The second-order valence-electron chi connectivity index (χ2n) is 10.5. The van der Waals surface area contributed by atoms with Crippen LogP contribution in [0.1, 0.15) is 35.7 Å². The number of fused-ring (bicyclic) bond motifs is 5. The summed E-state index contributed by atoms with van der Waals surface area (Å²) in [4.78, 5) is 27.2. The van der Waals surface area contributed by atoms with Gasteiger partial charge in [0.2, 0.25) is 5.95 Å². The lowest BCUT2D eigenvalue weighted by Crippen LogP contribution is -2.42. The van der Waals surface area contributed by atoms with Crippen molar-refractivity contribution in [3.8, 4) is 16.9 Å². The predicted octanol–water partition coefficient (Wildman–Crippen LogP) is 5.08. The smallest absolute Gasteiger partial charge is 0.387 e. The number of allylic oxidation sites excluding steroid dienone is 1. The summed E-state index contributed by atoms with van der Waals surface area (Å²) < 4.78 is 48.1. The zero-order valence-corrected chi connectivity index (χ0v) is 21.2. The first-order chi connectivity index (χ1) is 19.4. The summed E-state index contributed by atoms with van der Waals surface area (Å²) in [7, 11) is 0. The van der Waals surface area contributed by atoms with E-state index in [1.165, 1.54) is 12.1 Å². The van der Waals surface area contributed by atoms with Crippen LogP contribution in [0.4, 0.5) is 19.1 Å². The van der Waals surface area contributed by atoms with Gasteiger partial charge in [-0.05, 0) is 36.8 Å². The normalized spacial score (nSPS) is 21.6. The second-order valence-corrected chi connectivity index (χ2v) is 10.5. The van der Waals surface area contributed by atoms with E-state index in [-0.39, 0.29) is 23.1 Å². The highest BCUT2D eigenvalue weighted by atomic mass is 19.3. The lowest BCUT2D eigenvalue weighted by atomic mass is 9.87. The van der Waals surface area contributed by atoms with E-state index in [1.807, 2.05) is 15.4 Å². The molecule has 8 nitrogen and oxygen atoms in total. The molecule has 0 amide bonds. The van der Waals surface area contributed by atoms with E-state index in [2.05, 4.69) is 15.0 Å². The number of ether oxygens (including phenoxy) is 1. The number of piperidine rings is 1. The largest absolute Gasteiger partial charge is 0.481 e. The van der Waals surface area contributed by atoms with Crippen molar-refractivity contribution in [2.24, 2.45) is 11.8 Å². The van der Waals surface area contributed by atoms with Crippen LogP contribution in [0.25, 0.3) is 16.8 Å². The summed E-state index contributed by atoms with van der Waals surface area (Å²) in [6, 6.07) is 8.10. The van der Waals surface area contributed by atoms with Crippen molar-refractivity contribution in [2.45, 2.75) is 31.8 Å². The molecule has 7 rings (SSSR count). The number of rotatable bonds is 6. The van der Waals surface area contributed by atoms with E-state index in [1.54, 1.807) is 36.8 Å². The van der Waals surface area contributed by atoms with Gasteiger partial charge in [0.05, 0.1) is 17.3 Å². The van der Waals surface area contributed by atoms with Crippen LogP contribution < -0.4 is 9.64 Å². The fourth-order valence-corrected chi connectivity index (χ4v) is 6.50. The summed E-state index contributed by atoms with van der Waals surface area (Å²) in [5.41, 5.74) is 4.33. The van der Waals surface area contributed by atoms with Crippen molar-refractivity contribution in [3.63, 3.8) is 0 Å². The Bertz CT molecular complexity index is 1670. The van der Waals surface area contributed by atoms with Gasteiger partial charge in [0.25, 0.3) is 0 Å². The van der Waals surface area contributed by atoms with Gasteiger partial charge in [-0.3, -0.25) is 4.79 Å². The van der Waals surface area contributed by atoms with Crippen LogP contribution in [-0.4, -0.2) is 50.1 Å². The highest BCUT2D eigenvalue weighted by Gasteiger charge is 2.41. The summed E-state index contributed by atoms with van der Waals surface area (Å²) >= 11 is 0. The van der Waals surface area contributed by atoms with Crippen LogP contribution in [0.3, 0.4) is 0 Å². The Morgan fingerprint density at radius 3 is 2.73 bits per heavy atom. The van der Waals surface area contributed by atoms with Crippen molar-refractivity contribution >= 4 is 17.6 Å². The summed E-state index contributed by atoms with van der Waals surface area (Å²) in [6.45, 7) is -1.95. The van der Waals surface area contributed by atoms with Gasteiger partial charge < -0.3 is 19.1 Å². The molecule has 3 aliphatic rings. The topological polar surface area (TPSA) is 92.9 Å². The predicted molar refractivity (Wildman–Crippen MR) is 139 cm³/mol. The van der Waals surface area contributed by atoms with Gasteiger partial charge in [0.15, 0.2) is 0 Å². The number of carboxylic acids is 1. The first-order valence-electron chi connectivity index (χ1n) is 13.1. The molecule has 1 fully saturated rings. The minimum atomic E-state index is -2.94. The molecule has 0 spiro atoms. The molecule has 4 aromatic rings. The summed E-state index contributed by atoms with van der Waals surface area (Å²) in [5, 5.41) is 9.54. The van der Waals surface area contributed by atoms with Gasteiger partial charge in [0, 0.05) is 60.4 Å². The number of halogens is 3. The van der Waals surface area contributed by atoms with E-state index in [0.717, 1.165) is 23.4 Å². The zero-order chi connectivity index (χ0) is 27.5. The molecule has 0 unspecified atom stereocenters. The zero-order valence-electron chi connectivity index (χ0n) is 21.2. The van der Waals surface area contributed by atoms with Gasteiger partial charge in [-0.25, -0.2) is 19.3 Å². The van der Waals surface area contributed by atoms with E-state index in [4.69, 9.17) is 4.74 Å².